The van der Waals surface area contributed by atoms with Gasteiger partial charge in [-0.3, -0.25) is 0 Å². The van der Waals surface area contributed by atoms with Crippen molar-refractivity contribution in [2.24, 2.45) is 17.6 Å². The third-order valence-electron chi connectivity index (χ3n) is 3.66. The van der Waals surface area contributed by atoms with Gasteiger partial charge in [-0.1, -0.05) is 68.4 Å². The van der Waals surface area contributed by atoms with Gasteiger partial charge in [-0.25, -0.2) is 0 Å². The second kappa shape index (κ2) is 6.36. The molecule has 0 saturated heterocycles. The summed E-state index contributed by atoms with van der Waals surface area (Å²) in [5, 5.41) is 9.23. The van der Waals surface area contributed by atoms with E-state index in [9.17, 15) is 5.26 Å². The van der Waals surface area contributed by atoms with Gasteiger partial charge in [-0.15, -0.1) is 0 Å². The fourth-order valence-electron chi connectivity index (χ4n) is 2.38. The molecule has 102 valence electrons. The standard InChI is InChI=1S/C18H20N2/c1-13(2)17(12-19)18(20)16-10-8-15(9-11-16)14-6-4-3-5-7-14/h3-11,13,17-18H,20H2,1-2H3. The van der Waals surface area contributed by atoms with E-state index in [1.165, 1.54) is 11.1 Å². The van der Waals surface area contributed by atoms with Crippen LogP contribution < -0.4 is 5.73 Å². The summed E-state index contributed by atoms with van der Waals surface area (Å²) >= 11 is 0. The first-order valence-electron chi connectivity index (χ1n) is 6.94. The topological polar surface area (TPSA) is 49.8 Å². The van der Waals surface area contributed by atoms with Crippen LogP contribution in [-0.4, -0.2) is 0 Å². The van der Waals surface area contributed by atoms with Gasteiger partial charge in [0.25, 0.3) is 0 Å². The molecule has 0 fully saturated rings. The molecule has 0 heterocycles. The van der Waals surface area contributed by atoms with Crippen LogP contribution in [-0.2, 0) is 0 Å². The molecule has 0 aromatic heterocycles. The van der Waals surface area contributed by atoms with Gasteiger partial charge in [-0.05, 0) is 22.6 Å². The number of nitrogens with two attached hydrogens (primary N) is 1. The van der Waals surface area contributed by atoms with Crippen molar-refractivity contribution in [1.29, 1.82) is 5.26 Å². The quantitative estimate of drug-likeness (QED) is 0.901. The summed E-state index contributed by atoms with van der Waals surface area (Å²) in [6.45, 7) is 4.07. The summed E-state index contributed by atoms with van der Waals surface area (Å²) < 4.78 is 0. The molecule has 0 aliphatic carbocycles. The zero-order chi connectivity index (χ0) is 14.5. The highest BCUT2D eigenvalue weighted by Gasteiger charge is 2.22. The second-order valence-corrected chi connectivity index (χ2v) is 5.41. The van der Waals surface area contributed by atoms with Crippen molar-refractivity contribution < 1.29 is 0 Å². The molecule has 0 spiro atoms. The summed E-state index contributed by atoms with van der Waals surface area (Å²) in [5.41, 5.74) is 9.59. The molecule has 0 amide bonds. The van der Waals surface area contributed by atoms with E-state index < -0.39 is 0 Å². The van der Waals surface area contributed by atoms with Crippen LogP contribution in [0.15, 0.2) is 54.6 Å². The van der Waals surface area contributed by atoms with Crippen LogP contribution in [0.3, 0.4) is 0 Å². The minimum absolute atomic E-state index is 0.155. The van der Waals surface area contributed by atoms with Gasteiger partial charge in [0.1, 0.15) is 0 Å². The van der Waals surface area contributed by atoms with E-state index in [-0.39, 0.29) is 17.9 Å². The third kappa shape index (κ3) is 3.07. The summed E-state index contributed by atoms with van der Waals surface area (Å²) in [6, 6.07) is 20.5. The number of nitrogens with zero attached hydrogens (tertiary/aromatic N) is 1. The Morgan fingerprint density at radius 1 is 0.900 bits per heavy atom. The lowest BCUT2D eigenvalue weighted by molar-refractivity contribution is 0.404. The van der Waals surface area contributed by atoms with E-state index in [1.807, 2.05) is 44.2 Å². The van der Waals surface area contributed by atoms with Crippen LogP contribution in [0.5, 0.6) is 0 Å². The second-order valence-electron chi connectivity index (χ2n) is 5.41. The number of nitriles is 1. The zero-order valence-electron chi connectivity index (χ0n) is 12.0. The van der Waals surface area contributed by atoms with Crippen molar-refractivity contribution in [1.82, 2.24) is 0 Å². The lowest BCUT2D eigenvalue weighted by atomic mass is 9.86. The van der Waals surface area contributed by atoms with Crippen molar-refractivity contribution in [3.63, 3.8) is 0 Å². The molecule has 2 aromatic rings. The maximum Gasteiger partial charge on any atom is 0.0679 e. The minimum atomic E-state index is -0.232. The summed E-state index contributed by atoms with van der Waals surface area (Å²) in [6.07, 6.45) is 0. The molecule has 0 aliphatic rings. The lowest BCUT2D eigenvalue weighted by Crippen LogP contribution is -2.24. The van der Waals surface area contributed by atoms with E-state index >= 15 is 0 Å². The molecule has 2 atom stereocenters. The Kier molecular flexibility index (Phi) is 4.55. The molecular formula is C18H20N2. The zero-order valence-corrected chi connectivity index (χ0v) is 12.0. The maximum atomic E-state index is 9.23. The van der Waals surface area contributed by atoms with Gasteiger partial charge in [0.2, 0.25) is 0 Å². The number of benzene rings is 2. The van der Waals surface area contributed by atoms with Crippen LogP contribution >= 0.6 is 0 Å². The van der Waals surface area contributed by atoms with Gasteiger partial charge in [0.05, 0.1) is 12.0 Å². The molecule has 2 N–H and O–H groups in total. The monoisotopic (exact) mass is 264 g/mol. The van der Waals surface area contributed by atoms with Crippen LogP contribution in [0.25, 0.3) is 11.1 Å². The average molecular weight is 264 g/mol. The average Bonchev–Trinajstić information content (AvgIpc) is 2.48. The molecule has 2 nitrogen and oxygen atoms in total. The predicted octanol–water partition coefficient (Wildman–Crippen LogP) is 4.15. The molecule has 0 saturated carbocycles. The highest BCUT2D eigenvalue weighted by Crippen LogP contribution is 2.27. The smallest absolute Gasteiger partial charge is 0.0679 e. The molecule has 2 aromatic carbocycles. The fourth-order valence-corrected chi connectivity index (χ4v) is 2.38. The molecule has 2 heteroatoms. The normalized spacial score (nSPS) is 13.8. The molecule has 20 heavy (non-hydrogen) atoms. The molecule has 0 bridgehead atoms. The van der Waals surface area contributed by atoms with Crippen LogP contribution in [0.1, 0.15) is 25.5 Å². The summed E-state index contributed by atoms with van der Waals surface area (Å²) in [4.78, 5) is 0. The molecular weight excluding hydrogens is 244 g/mol. The Bertz CT molecular complexity index is 579. The van der Waals surface area contributed by atoms with E-state index in [0.717, 1.165) is 5.56 Å². The van der Waals surface area contributed by atoms with Crippen LogP contribution in [0.4, 0.5) is 0 Å². The first-order chi connectivity index (χ1) is 9.63. The maximum absolute atomic E-state index is 9.23. The highest BCUT2D eigenvalue weighted by molar-refractivity contribution is 5.63. The summed E-state index contributed by atoms with van der Waals surface area (Å²) in [7, 11) is 0. The lowest BCUT2D eigenvalue weighted by Gasteiger charge is -2.21. The Balaban J connectivity index is 2.23. The molecule has 0 aliphatic heterocycles. The van der Waals surface area contributed by atoms with Crippen molar-refractivity contribution in [3.8, 4) is 17.2 Å². The van der Waals surface area contributed by atoms with Gasteiger partial charge >= 0.3 is 0 Å². The van der Waals surface area contributed by atoms with Crippen molar-refractivity contribution in [2.45, 2.75) is 19.9 Å². The van der Waals surface area contributed by atoms with Crippen LogP contribution in [0.2, 0.25) is 0 Å². The summed E-state index contributed by atoms with van der Waals surface area (Å²) in [5.74, 6) is 0.0985. The van der Waals surface area contributed by atoms with Gasteiger partial charge in [-0.2, -0.15) is 5.26 Å². The molecule has 2 rings (SSSR count). The highest BCUT2D eigenvalue weighted by atomic mass is 14.7. The Hall–Kier alpha value is -2.11. The first-order valence-corrected chi connectivity index (χ1v) is 6.94. The van der Waals surface area contributed by atoms with Gasteiger partial charge in [0.15, 0.2) is 0 Å². The largest absolute Gasteiger partial charge is 0.323 e. The SMILES string of the molecule is CC(C)C(C#N)C(N)c1ccc(-c2ccccc2)cc1. The van der Waals surface area contributed by atoms with Crippen molar-refractivity contribution >= 4 is 0 Å². The molecule has 0 radical (unpaired) electrons. The van der Waals surface area contributed by atoms with E-state index in [4.69, 9.17) is 5.73 Å². The van der Waals surface area contributed by atoms with Gasteiger partial charge < -0.3 is 5.73 Å². The third-order valence-corrected chi connectivity index (χ3v) is 3.66. The van der Waals surface area contributed by atoms with E-state index in [0.29, 0.717) is 0 Å². The van der Waals surface area contributed by atoms with Crippen molar-refractivity contribution in [2.75, 3.05) is 0 Å². The number of hydrogen-bond acceptors (Lipinski definition) is 2. The number of hydrogen-bond donors (Lipinski definition) is 1. The Labute approximate surface area is 120 Å². The van der Waals surface area contributed by atoms with E-state index in [1.54, 1.807) is 0 Å². The fraction of sp³-hybridized carbons (Fsp3) is 0.278. The number of rotatable bonds is 4. The van der Waals surface area contributed by atoms with Crippen LogP contribution in [0, 0.1) is 23.2 Å². The Morgan fingerprint density at radius 2 is 1.45 bits per heavy atom. The van der Waals surface area contributed by atoms with E-state index in [2.05, 4.69) is 30.3 Å². The first kappa shape index (κ1) is 14.3. The minimum Gasteiger partial charge on any atom is -0.323 e. The molecule has 2 unspecified atom stereocenters. The van der Waals surface area contributed by atoms with Gasteiger partial charge in [0, 0.05) is 6.04 Å². The predicted molar refractivity (Wildman–Crippen MR) is 82.7 cm³/mol. The van der Waals surface area contributed by atoms with Crippen molar-refractivity contribution in [3.05, 3.63) is 60.2 Å². The Morgan fingerprint density at radius 3 is 1.95 bits per heavy atom.